The lowest BCUT2D eigenvalue weighted by Crippen LogP contribution is -2.39. The number of carbonyl (C=O) groups is 1. The first-order valence-electron chi connectivity index (χ1n) is 11.3. The average molecular weight is 476 g/mol. The van der Waals surface area contributed by atoms with Crippen LogP contribution in [-0.2, 0) is 14.9 Å². The predicted octanol–water partition coefficient (Wildman–Crippen LogP) is 7.20. The first kappa shape index (κ1) is 24.7. The van der Waals surface area contributed by atoms with Gasteiger partial charge in [-0.25, -0.2) is 0 Å². The SMILES string of the molecule is Br.COC(=O)CCCCCCCCCN1c2ccc3ccccc3c2C(C)(C)C1C. The third kappa shape index (κ3) is 5.38. The van der Waals surface area contributed by atoms with Crippen molar-refractivity contribution in [2.75, 3.05) is 18.6 Å². The van der Waals surface area contributed by atoms with Crippen molar-refractivity contribution < 1.29 is 9.53 Å². The first-order chi connectivity index (χ1) is 14.0. The Morgan fingerprint density at radius 2 is 1.60 bits per heavy atom. The van der Waals surface area contributed by atoms with E-state index in [0.29, 0.717) is 12.5 Å². The molecule has 2 aromatic rings. The molecule has 1 aliphatic rings. The first-order valence-corrected chi connectivity index (χ1v) is 11.3. The van der Waals surface area contributed by atoms with Gasteiger partial charge in [0.25, 0.3) is 0 Å². The Hall–Kier alpha value is -1.55. The highest BCUT2D eigenvalue weighted by molar-refractivity contribution is 8.93. The minimum atomic E-state index is -0.0827. The van der Waals surface area contributed by atoms with Gasteiger partial charge in [0.2, 0.25) is 0 Å². The van der Waals surface area contributed by atoms with Crippen LogP contribution in [0.4, 0.5) is 5.69 Å². The standard InChI is InChI=1S/C26H37NO2.BrH/c1-20-26(2,3)25-22-15-12-11-14-21(22)17-18-23(25)27(20)19-13-9-7-5-6-8-10-16-24(28)29-4;/h11-12,14-15,17-18,20H,5-10,13,16,19H2,1-4H3;1H. The predicted molar refractivity (Wildman–Crippen MR) is 133 cm³/mol. The largest absolute Gasteiger partial charge is 0.469 e. The van der Waals surface area contributed by atoms with Gasteiger partial charge in [0.15, 0.2) is 0 Å². The van der Waals surface area contributed by atoms with Crippen molar-refractivity contribution in [3.63, 3.8) is 0 Å². The van der Waals surface area contributed by atoms with Crippen LogP contribution in [0.5, 0.6) is 0 Å². The number of methoxy groups -OCH3 is 1. The maximum Gasteiger partial charge on any atom is 0.305 e. The molecular weight excluding hydrogens is 438 g/mol. The van der Waals surface area contributed by atoms with Crippen LogP contribution < -0.4 is 4.90 Å². The molecule has 4 heteroatoms. The van der Waals surface area contributed by atoms with Gasteiger partial charge in [-0.05, 0) is 42.2 Å². The van der Waals surface area contributed by atoms with E-state index in [9.17, 15) is 4.79 Å². The second kappa shape index (κ2) is 11.2. The molecular formula is C26H38BrNO2. The third-order valence-electron chi connectivity index (χ3n) is 6.88. The van der Waals surface area contributed by atoms with Crippen LogP contribution in [0.1, 0.15) is 77.7 Å². The maximum atomic E-state index is 11.1. The van der Waals surface area contributed by atoms with Crippen LogP contribution >= 0.6 is 17.0 Å². The fraction of sp³-hybridized carbons (Fsp3) is 0.577. The molecule has 166 valence electrons. The van der Waals surface area contributed by atoms with Gasteiger partial charge in [-0.2, -0.15) is 0 Å². The Morgan fingerprint density at radius 3 is 2.30 bits per heavy atom. The van der Waals surface area contributed by atoms with Crippen molar-refractivity contribution in [1.82, 2.24) is 0 Å². The molecule has 0 aliphatic carbocycles. The molecule has 1 unspecified atom stereocenters. The van der Waals surface area contributed by atoms with Crippen LogP contribution in [0.15, 0.2) is 36.4 Å². The number of unbranched alkanes of at least 4 members (excludes halogenated alkanes) is 6. The van der Waals surface area contributed by atoms with E-state index in [-0.39, 0.29) is 28.4 Å². The van der Waals surface area contributed by atoms with Gasteiger partial charge in [0.1, 0.15) is 0 Å². The molecule has 3 nitrogen and oxygen atoms in total. The van der Waals surface area contributed by atoms with E-state index < -0.39 is 0 Å². The number of anilines is 1. The number of hydrogen-bond acceptors (Lipinski definition) is 3. The molecule has 0 saturated heterocycles. The lowest BCUT2D eigenvalue weighted by atomic mass is 9.79. The minimum Gasteiger partial charge on any atom is -0.469 e. The monoisotopic (exact) mass is 475 g/mol. The Morgan fingerprint density at radius 1 is 0.967 bits per heavy atom. The summed E-state index contributed by atoms with van der Waals surface area (Å²) < 4.78 is 4.69. The molecule has 1 aliphatic heterocycles. The molecule has 0 aromatic heterocycles. The topological polar surface area (TPSA) is 29.5 Å². The number of benzene rings is 2. The van der Waals surface area contributed by atoms with E-state index in [1.165, 1.54) is 61.2 Å². The molecule has 0 bridgehead atoms. The van der Waals surface area contributed by atoms with Crippen molar-refractivity contribution in [3.05, 3.63) is 42.0 Å². The number of hydrogen-bond donors (Lipinski definition) is 0. The van der Waals surface area contributed by atoms with Gasteiger partial charge < -0.3 is 9.64 Å². The highest BCUT2D eigenvalue weighted by atomic mass is 79.9. The summed E-state index contributed by atoms with van der Waals surface area (Å²) in [5, 5.41) is 2.76. The number of esters is 1. The number of halogens is 1. The summed E-state index contributed by atoms with van der Waals surface area (Å²) in [5.41, 5.74) is 3.12. The normalized spacial score (nSPS) is 16.9. The van der Waals surface area contributed by atoms with E-state index >= 15 is 0 Å². The molecule has 1 heterocycles. The van der Waals surface area contributed by atoms with Crippen molar-refractivity contribution in [2.24, 2.45) is 0 Å². The van der Waals surface area contributed by atoms with Crippen molar-refractivity contribution in [3.8, 4) is 0 Å². The van der Waals surface area contributed by atoms with Crippen molar-refractivity contribution in [2.45, 2.75) is 83.6 Å². The number of rotatable bonds is 10. The number of fused-ring (bicyclic) bond motifs is 3. The quantitative estimate of drug-likeness (QED) is 0.268. The van der Waals surface area contributed by atoms with E-state index in [0.717, 1.165) is 19.4 Å². The summed E-state index contributed by atoms with van der Waals surface area (Å²) in [4.78, 5) is 13.8. The number of nitrogens with zero attached hydrogens (tertiary/aromatic N) is 1. The molecule has 3 rings (SSSR count). The molecule has 0 radical (unpaired) electrons. The summed E-state index contributed by atoms with van der Waals surface area (Å²) in [6, 6.07) is 13.9. The fourth-order valence-electron chi connectivity index (χ4n) is 4.84. The van der Waals surface area contributed by atoms with E-state index in [1.54, 1.807) is 0 Å². The number of ether oxygens (including phenoxy) is 1. The van der Waals surface area contributed by atoms with E-state index in [2.05, 4.69) is 66.8 Å². The van der Waals surface area contributed by atoms with Gasteiger partial charge >= 0.3 is 5.97 Å². The average Bonchev–Trinajstić information content (AvgIpc) is 2.92. The maximum absolute atomic E-state index is 11.1. The highest BCUT2D eigenvalue weighted by Crippen LogP contribution is 2.48. The van der Waals surface area contributed by atoms with E-state index in [1.807, 2.05) is 0 Å². The zero-order valence-corrected chi connectivity index (χ0v) is 20.8. The summed E-state index contributed by atoms with van der Waals surface area (Å²) >= 11 is 0. The molecule has 0 N–H and O–H groups in total. The zero-order chi connectivity index (χ0) is 20.9. The van der Waals surface area contributed by atoms with Crippen LogP contribution in [0.2, 0.25) is 0 Å². The summed E-state index contributed by atoms with van der Waals surface area (Å²) in [7, 11) is 1.46. The molecule has 0 amide bonds. The molecule has 0 saturated carbocycles. The smallest absolute Gasteiger partial charge is 0.305 e. The van der Waals surface area contributed by atoms with E-state index in [4.69, 9.17) is 0 Å². The lowest BCUT2D eigenvalue weighted by molar-refractivity contribution is -0.140. The Kier molecular flexibility index (Phi) is 9.21. The van der Waals surface area contributed by atoms with Gasteiger partial charge in [-0.3, -0.25) is 4.79 Å². The summed E-state index contributed by atoms with van der Waals surface area (Å²) in [6.07, 6.45) is 8.95. The molecule has 2 aromatic carbocycles. The van der Waals surface area contributed by atoms with Crippen molar-refractivity contribution >= 4 is 39.4 Å². The zero-order valence-electron chi connectivity index (χ0n) is 19.1. The van der Waals surface area contributed by atoms with Crippen LogP contribution in [-0.4, -0.2) is 25.7 Å². The van der Waals surface area contributed by atoms with Gasteiger partial charge in [-0.1, -0.05) is 76.3 Å². The van der Waals surface area contributed by atoms with Gasteiger partial charge in [-0.15, -0.1) is 17.0 Å². The van der Waals surface area contributed by atoms with Crippen molar-refractivity contribution in [1.29, 1.82) is 0 Å². The van der Waals surface area contributed by atoms with Crippen LogP contribution in [0, 0.1) is 0 Å². The number of carbonyl (C=O) groups excluding carboxylic acids is 1. The Balaban J connectivity index is 0.00000320. The second-order valence-corrected chi connectivity index (χ2v) is 9.07. The molecule has 0 spiro atoms. The van der Waals surface area contributed by atoms with Gasteiger partial charge in [0.05, 0.1) is 7.11 Å². The van der Waals surface area contributed by atoms with Crippen LogP contribution in [0.25, 0.3) is 10.8 Å². The van der Waals surface area contributed by atoms with Crippen LogP contribution in [0.3, 0.4) is 0 Å². The third-order valence-corrected chi connectivity index (χ3v) is 6.88. The highest BCUT2D eigenvalue weighted by Gasteiger charge is 2.42. The second-order valence-electron chi connectivity index (χ2n) is 9.07. The summed E-state index contributed by atoms with van der Waals surface area (Å²) in [5.74, 6) is -0.0827. The Bertz CT molecular complexity index is 833. The fourth-order valence-corrected chi connectivity index (χ4v) is 4.84. The van der Waals surface area contributed by atoms with Gasteiger partial charge in [0, 0.05) is 30.1 Å². The molecule has 1 atom stereocenters. The molecule has 30 heavy (non-hydrogen) atoms. The lowest BCUT2D eigenvalue weighted by Gasteiger charge is -2.31. The molecule has 0 fully saturated rings. The Labute approximate surface area is 192 Å². The minimum absolute atomic E-state index is 0. The summed E-state index contributed by atoms with van der Waals surface area (Å²) in [6.45, 7) is 8.32.